The lowest BCUT2D eigenvalue weighted by atomic mass is 10.1. The summed E-state index contributed by atoms with van der Waals surface area (Å²) < 4.78 is 0. The molecule has 100 valence electrons. The number of alkyl halides is 1. The zero-order valence-corrected chi connectivity index (χ0v) is 11.0. The highest BCUT2D eigenvalue weighted by Gasteiger charge is 2.28. The van der Waals surface area contributed by atoms with Gasteiger partial charge in [-0.2, -0.15) is 0 Å². The second-order valence-corrected chi connectivity index (χ2v) is 4.79. The Balaban J connectivity index is 2.30. The molecule has 1 amide bonds. The van der Waals surface area contributed by atoms with E-state index in [9.17, 15) is 4.79 Å². The first-order valence-electron chi connectivity index (χ1n) is 6.17. The second kappa shape index (κ2) is 7.87. The van der Waals surface area contributed by atoms with Gasteiger partial charge in [0.1, 0.15) is 0 Å². The molecule has 0 aliphatic carbocycles. The Morgan fingerprint density at radius 1 is 1.29 bits per heavy atom. The van der Waals surface area contributed by atoms with Gasteiger partial charge in [-0.3, -0.25) is 9.69 Å². The smallest absolute Gasteiger partial charge is 0.223 e. The van der Waals surface area contributed by atoms with E-state index < -0.39 is 0 Å². The van der Waals surface area contributed by atoms with E-state index in [0.29, 0.717) is 31.3 Å². The molecule has 0 radical (unpaired) electrons. The van der Waals surface area contributed by atoms with Crippen molar-refractivity contribution in [3.8, 4) is 0 Å². The average molecular weight is 263 g/mol. The van der Waals surface area contributed by atoms with E-state index in [2.05, 4.69) is 4.90 Å². The summed E-state index contributed by atoms with van der Waals surface area (Å²) in [6, 6.07) is 0. The van der Waals surface area contributed by atoms with E-state index in [-0.39, 0.29) is 5.91 Å². The number of halogens is 1. The normalized spacial score (nSPS) is 20.6. The third-order valence-corrected chi connectivity index (χ3v) is 3.53. The van der Waals surface area contributed by atoms with Crippen molar-refractivity contribution in [3.05, 3.63) is 0 Å². The Kier molecular flexibility index (Phi) is 6.80. The van der Waals surface area contributed by atoms with E-state index >= 15 is 0 Å². The zero-order valence-electron chi connectivity index (χ0n) is 10.3. The highest BCUT2D eigenvalue weighted by Crippen LogP contribution is 2.18. The lowest BCUT2D eigenvalue weighted by Gasteiger charge is -2.24. The minimum Gasteiger partial charge on any atom is -0.341 e. The van der Waals surface area contributed by atoms with Gasteiger partial charge in [0.15, 0.2) is 0 Å². The predicted molar refractivity (Wildman–Crippen MR) is 70.0 cm³/mol. The minimum atomic E-state index is 0.219. The van der Waals surface area contributed by atoms with Gasteiger partial charge in [0.05, 0.1) is 0 Å². The van der Waals surface area contributed by atoms with Crippen molar-refractivity contribution in [3.63, 3.8) is 0 Å². The maximum atomic E-state index is 11.7. The highest BCUT2D eigenvalue weighted by atomic mass is 35.5. The Bertz CT molecular complexity index is 234. The van der Waals surface area contributed by atoms with Gasteiger partial charge in [0.25, 0.3) is 0 Å². The largest absolute Gasteiger partial charge is 0.341 e. The molecule has 1 aliphatic heterocycles. The van der Waals surface area contributed by atoms with Crippen LogP contribution in [-0.2, 0) is 4.79 Å². The van der Waals surface area contributed by atoms with Crippen LogP contribution in [0.2, 0.25) is 0 Å². The summed E-state index contributed by atoms with van der Waals surface area (Å²) in [5.41, 5.74) is 11.1. The molecular weight excluding hydrogens is 240 g/mol. The molecule has 0 saturated carbocycles. The Labute approximate surface area is 108 Å². The molecular formula is C11H23ClN4O. The van der Waals surface area contributed by atoms with Gasteiger partial charge in [0, 0.05) is 58.1 Å². The van der Waals surface area contributed by atoms with Crippen molar-refractivity contribution in [2.75, 3.05) is 51.7 Å². The molecule has 1 fully saturated rings. The fraction of sp³-hybridized carbons (Fsp3) is 0.909. The summed E-state index contributed by atoms with van der Waals surface area (Å²) >= 11 is 5.78. The van der Waals surface area contributed by atoms with Crippen LogP contribution in [0.1, 0.15) is 6.42 Å². The monoisotopic (exact) mass is 262 g/mol. The summed E-state index contributed by atoms with van der Waals surface area (Å²) in [5.74, 6) is 1.11. The Morgan fingerprint density at radius 2 is 1.94 bits per heavy atom. The van der Waals surface area contributed by atoms with E-state index in [1.165, 1.54) is 0 Å². The molecule has 1 rings (SSSR count). The van der Waals surface area contributed by atoms with Gasteiger partial charge in [-0.05, 0) is 5.92 Å². The van der Waals surface area contributed by atoms with Crippen molar-refractivity contribution in [2.45, 2.75) is 6.42 Å². The first-order valence-corrected chi connectivity index (χ1v) is 6.71. The first kappa shape index (κ1) is 14.7. The SMILES string of the molecule is NCCN(CCN)CCN1CC(CCl)CC1=O. The van der Waals surface area contributed by atoms with E-state index in [1.807, 2.05) is 4.90 Å². The molecule has 1 aliphatic rings. The summed E-state index contributed by atoms with van der Waals surface area (Å²) in [6.07, 6.45) is 0.595. The van der Waals surface area contributed by atoms with Crippen molar-refractivity contribution in [1.29, 1.82) is 0 Å². The number of nitrogens with zero attached hydrogens (tertiary/aromatic N) is 2. The molecule has 1 saturated heterocycles. The standard InChI is InChI=1S/C11H23ClN4O/c12-8-10-7-11(17)16(9-10)6-5-15(3-1-13)4-2-14/h10H,1-9,13-14H2. The molecule has 1 unspecified atom stereocenters. The van der Waals surface area contributed by atoms with Crippen LogP contribution in [0.3, 0.4) is 0 Å². The maximum Gasteiger partial charge on any atom is 0.223 e. The van der Waals surface area contributed by atoms with Crippen LogP contribution in [0, 0.1) is 5.92 Å². The quantitative estimate of drug-likeness (QED) is 0.567. The van der Waals surface area contributed by atoms with Gasteiger partial charge in [0.2, 0.25) is 5.91 Å². The molecule has 5 nitrogen and oxygen atoms in total. The van der Waals surface area contributed by atoms with Crippen LogP contribution >= 0.6 is 11.6 Å². The molecule has 1 heterocycles. The Morgan fingerprint density at radius 3 is 2.41 bits per heavy atom. The van der Waals surface area contributed by atoms with E-state index in [4.69, 9.17) is 23.1 Å². The summed E-state index contributed by atoms with van der Waals surface area (Å²) in [5, 5.41) is 0. The predicted octanol–water partition coefficient (Wildman–Crippen LogP) is -0.707. The number of rotatable bonds is 8. The summed E-state index contributed by atoms with van der Waals surface area (Å²) in [6.45, 7) is 5.30. The highest BCUT2D eigenvalue weighted by molar-refractivity contribution is 6.18. The molecule has 0 aromatic rings. The van der Waals surface area contributed by atoms with E-state index in [0.717, 1.165) is 32.7 Å². The van der Waals surface area contributed by atoms with Crippen LogP contribution in [0.15, 0.2) is 0 Å². The van der Waals surface area contributed by atoms with Gasteiger partial charge in [-0.15, -0.1) is 11.6 Å². The topological polar surface area (TPSA) is 75.6 Å². The van der Waals surface area contributed by atoms with Crippen molar-refractivity contribution in [2.24, 2.45) is 17.4 Å². The molecule has 0 aromatic carbocycles. The summed E-state index contributed by atoms with van der Waals surface area (Å²) in [7, 11) is 0. The van der Waals surface area contributed by atoms with E-state index in [1.54, 1.807) is 0 Å². The minimum absolute atomic E-state index is 0.219. The molecule has 4 N–H and O–H groups in total. The van der Waals surface area contributed by atoms with Gasteiger partial charge < -0.3 is 16.4 Å². The first-order chi connectivity index (χ1) is 8.21. The lowest BCUT2D eigenvalue weighted by Crippen LogP contribution is -2.40. The maximum absolute atomic E-state index is 11.7. The number of amides is 1. The van der Waals surface area contributed by atoms with Crippen LogP contribution in [0.5, 0.6) is 0 Å². The molecule has 6 heteroatoms. The second-order valence-electron chi connectivity index (χ2n) is 4.48. The van der Waals surface area contributed by atoms with Gasteiger partial charge in [-0.1, -0.05) is 0 Å². The van der Waals surface area contributed by atoms with Crippen molar-refractivity contribution >= 4 is 17.5 Å². The fourth-order valence-electron chi connectivity index (χ4n) is 2.14. The van der Waals surface area contributed by atoms with Crippen LogP contribution in [0.4, 0.5) is 0 Å². The third kappa shape index (κ3) is 4.79. The fourth-order valence-corrected chi connectivity index (χ4v) is 2.34. The van der Waals surface area contributed by atoms with Crippen LogP contribution < -0.4 is 11.5 Å². The zero-order chi connectivity index (χ0) is 12.7. The molecule has 0 bridgehead atoms. The Hall–Kier alpha value is -0.360. The average Bonchev–Trinajstić information content (AvgIpc) is 2.68. The van der Waals surface area contributed by atoms with Gasteiger partial charge in [-0.25, -0.2) is 0 Å². The molecule has 1 atom stereocenters. The van der Waals surface area contributed by atoms with Crippen LogP contribution in [-0.4, -0.2) is 67.4 Å². The number of carbonyl (C=O) groups is 1. The van der Waals surface area contributed by atoms with Crippen LogP contribution in [0.25, 0.3) is 0 Å². The van der Waals surface area contributed by atoms with Gasteiger partial charge >= 0.3 is 0 Å². The molecule has 0 aromatic heterocycles. The van der Waals surface area contributed by atoms with Crippen molar-refractivity contribution < 1.29 is 4.79 Å². The number of hydrogen-bond acceptors (Lipinski definition) is 4. The summed E-state index contributed by atoms with van der Waals surface area (Å²) in [4.78, 5) is 15.8. The van der Waals surface area contributed by atoms with Crippen molar-refractivity contribution in [1.82, 2.24) is 9.80 Å². The molecule has 0 spiro atoms. The number of hydrogen-bond donors (Lipinski definition) is 2. The number of carbonyl (C=O) groups excluding carboxylic acids is 1. The lowest BCUT2D eigenvalue weighted by molar-refractivity contribution is -0.127. The third-order valence-electron chi connectivity index (χ3n) is 3.09. The number of likely N-dealkylation sites (tertiary alicyclic amines) is 1. The molecule has 17 heavy (non-hydrogen) atoms. The number of nitrogens with two attached hydrogens (primary N) is 2.